The zero-order valence-electron chi connectivity index (χ0n) is 15.9. The van der Waals surface area contributed by atoms with Crippen LogP contribution >= 0.6 is 0 Å². The van der Waals surface area contributed by atoms with Gasteiger partial charge in [-0.1, -0.05) is 12.1 Å². The predicted octanol–water partition coefficient (Wildman–Crippen LogP) is 3.33. The normalized spacial score (nSPS) is 20.7. The molecule has 27 heavy (non-hydrogen) atoms. The van der Waals surface area contributed by atoms with Crippen LogP contribution in [0.1, 0.15) is 45.1 Å². The largest absolute Gasteiger partial charge is 0.386 e. The summed E-state index contributed by atoms with van der Waals surface area (Å²) in [5, 5.41) is 14.9. The van der Waals surface area contributed by atoms with Crippen LogP contribution in [0.5, 0.6) is 0 Å². The Kier molecular flexibility index (Phi) is 4.61. The molecule has 1 saturated carbocycles. The fraction of sp³-hybridized carbons (Fsp3) is 0.429. The van der Waals surface area contributed by atoms with Crippen LogP contribution in [0.4, 0.5) is 5.95 Å². The Morgan fingerprint density at radius 2 is 1.93 bits per heavy atom. The topological polar surface area (TPSA) is 89.0 Å². The molecule has 2 heterocycles. The molecule has 0 atom stereocenters. The standard InChI is InChI=1S/C21H27N5O/c1-21(2,27)17-4-3-5-18-16(17)11-13-26(18)19-10-12-23-20(25-19)24-15-8-6-14(22)7-9-15/h3-5,10-15,27H,6-9,22H2,1-2H3,(H,23,24,25). The van der Waals surface area contributed by atoms with E-state index in [1.54, 1.807) is 6.20 Å². The van der Waals surface area contributed by atoms with Gasteiger partial charge in [0, 0.05) is 29.9 Å². The van der Waals surface area contributed by atoms with Gasteiger partial charge in [-0.15, -0.1) is 0 Å². The van der Waals surface area contributed by atoms with Crippen LogP contribution in [0.15, 0.2) is 42.7 Å². The van der Waals surface area contributed by atoms with Crippen molar-refractivity contribution in [2.75, 3.05) is 5.32 Å². The number of nitrogens with two attached hydrogens (primary N) is 1. The van der Waals surface area contributed by atoms with E-state index in [4.69, 9.17) is 10.7 Å². The van der Waals surface area contributed by atoms with Crippen molar-refractivity contribution in [1.29, 1.82) is 0 Å². The third kappa shape index (κ3) is 3.68. The summed E-state index contributed by atoms with van der Waals surface area (Å²) in [5.41, 5.74) is 7.02. The highest BCUT2D eigenvalue weighted by molar-refractivity contribution is 5.85. The highest BCUT2D eigenvalue weighted by atomic mass is 16.3. The number of nitrogens with one attached hydrogen (secondary N) is 1. The number of aromatic nitrogens is 3. The maximum Gasteiger partial charge on any atom is 0.224 e. The van der Waals surface area contributed by atoms with Gasteiger partial charge in [-0.05, 0) is 63.3 Å². The zero-order valence-corrected chi connectivity index (χ0v) is 15.9. The third-order valence-electron chi connectivity index (χ3n) is 5.38. The highest BCUT2D eigenvalue weighted by Crippen LogP contribution is 2.30. The van der Waals surface area contributed by atoms with Crippen molar-refractivity contribution >= 4 is 16.9 Å². The summed E-state index contributed by atoms with van der Waals surface area (Å²) in [6.07, 6.45) is 7.96. The molecule has 6 nitrogen and oxygen atoms in total. The van der Waals surface area contributed by atoms with E-state index in [1.165, 1.54) is 0 Å². The van der Waals surface area contributed by atoms with Gasteiger partial charge in [0.2, 0.25) is 5.95 Å². The average molecular weight is 365 g/mol. The van der Waals surface area contributed by atoms with E-state index in [0.29, 0.717) is 18.0 Å². The Morgan fingerprint density at radius 1 is 1.15 bits per heavy atom. The number of hydrogen-bond donors (Lipinski definition) is 3. The molecule has 4 N–H and O–H groups in total. The molecule has 4 rings (SSSR count). The molecule has 0 radical (unpaired) electrons. The summed E-state index contributed by atoms with van der Waals surface area (Å²) in [6.45, 7) is 3.61. The van der Waals surface area contributed by atoms with Crippen molar-refractivity contribution in [1.82, 2.24) is 14.5 Å². The van der Waals surface area contributed by atoms with Crippen molar-refractivity contribution in [2.45, 2.75) is 57.2 Å². The maximum absolute atomic E-state index is 10.5. The van der Waals surface area contributed by atoms with Crippen molar-refractivity contribution in [2.24, 2.45) is 5.73 Å². The lowest BCUT2D eigenvalue weighted by Crippen LogP contribution is -2.33. The van der Waals surface area contributed by atoms with Crippen molar-refractivity contribution in [3.05, 3.63) is 48.3 Å². The Morgan fingerprint density at radius 3 is 2.67 bits per heavy atom. The van der Waals surface area contributed by atoms with Gasteiger partial charge in [0.15, 0.2) is 0 Å². The lowest BCUT2D eigenvalue weighted by molar-refractivity contribution is 0.0802. The summed E-state index contributed by atoms with van der Waals surface area (Å²) in [4.78, 5) is 9.11. The summed E-state index contributed by atoms with van der Waals surface area (Å²) in [6, 6.07) is 10.6. The van der Waals surface area contributed by atoms with E-state index in [2.05, 4.69) is 10.3 Å². The smallest absolute Gasteiger partial charge is 0.224 e. The molecule has 0 aliphatic heterocycles. The lowest BCUT2D eigenvalue weighted by atomic mass is 9.92. The molecule has 0 unspecified atom stereocenters. The van der Waals surface area contributed by atoms with Gasteiger partial charge in [-0.3, -0.25) is 0 Å². The van der Waals surface area contributed by atoms with E-state index in [1.807, 2.05) is 54.9 Å². The van der Waals surface area contributed by atoms with Gasteiger partial charge in [-0.25, -0.2) is 4.98 Å². The fourth-order valence-corrected chi connectivity index (χ4v) is 3.90. The summed E-state index contributed by atoms with van der Waals surface area (Å²) in [5.74, 6) is 1.45. The summed E-state index contributed by atoms with van der Waals surface area (Å²) >= 11 is 0. The second-order valence-electron chi connectivity index (χ2n) is 7.98. The monoisotopic (exact) mass is 365 g/mol. The number of benzene rings is 1. The van der Waals surface area contributed by atoms with Crippen LogP contribution in [-0.2, 0) is 5.60 Å². The number of anilines is 1. The first-order valence-corrected chi connectivity index (χ1v) is 9.60. The van der Waals surface area contributed by atoms with Crippen LogP contribution in [0.3, 0.4) is 0 Å². The Bertz CT molecular complexity index is 935. The lowest BCUT2D eigenvalue weighted by Gasteiger charge is -2.26. The number of aliphatic hydroxyl groups is 1. The van der Waals surface area contributed by atoms with Crippen molar-refractivity contribution in [3.63, 3.8) is 0 Å². The van der Waals surface area contributed by atoms with Crippen LogP contribution in [0.2, 0.25) is 0 Å². The van der Waals surface area contributed by atoms with E-state index >= 15 is 0 Å². The van der Waals surface area contributed by atoms with Crippen LogP contribution in [0.25, 0.3) is 16.7 Å². The van der Waals surface area contributed by atoms with Gasteiger partial charge in [-0.2, -0.15) is 4.98 Å². The van der Waals surface area contributed by atoms with Gasteiger partial charge < -0.3 is 20.7 Å². The summed E-state index contributed by atoms with van der Waals surface area (Å²) in [7, 11) is 0. The van der Waals surface area contributed by atoms with Crippen LogP contribution in [0, 0.1) is 0 Å². The molecule has 1 aliphatic carbocycles. The molecule has 0 spiro atoms. The van der Waals surface area contributed by atoms with Gasteiger partial charge in [0.05, 0.1) is 11.1 Å². The minimum atomic E-state index is -0.897. The molecule has 142 valence electrons. The molecule has 0 amide bonds. The molecule has 0 bridgehead atoms. The fourth-order valence-electron chi connectivity index (χ4n) is 3.90. The predicted molar refractivity (Wildman–Crippen MR) is 108 cm³/mol. The van der Waals surface area contributed by atoms with Crippen LogP contribution in [-0.4, -0.2) is 31.7 Å². The number of fused-ring (bicyclic) bond motifs is 1. The molecule has 1 aromatic carbocycles. The summed E-state index contributed by atoms with van der Waals surface area (Å²) < 4.78 is 2.04. The van der Waals surface area contributed by atoms with Gasteiger partial charge in [0.1, 0.15) is 5.82 Å². The van der Waals surface area contributed by atoms with E-state index in [9.17, 15) is 5.11 Å². The second-order valence-corrected chi connectivity index (χ2v) is 7.98. The second kappa shape index (κ2) is 6.94. The minimum absolute atomic E-state index is 0.325. The number of hydrogen-bond acceptors (Lipinski definition) is 5. The van der Waals surface area contributed by atoms with E-state index in [-0.39, 0.29) is 0 Å². The first-order valence-electron chi connectivity index (χ1n) is 9.60. The molecular weight excluding hydrogens is 338 g/mol. The maximum atomic E-state index is 10.5. The molecule has 6 heteroatoms. The first-order chi connectivity index (χ1) is 12.9. The van der Waals surface area contributed by atoms with Gasteiger partial charge >= 0.3 is 0 Å². The molecule has 1 fully saturated rings. The zero-order chi connectivity index (χ0) is 19.0. The quantitative estimate of drug-likeness (QED) is 0.660. The molecule has 0 saturated heterocycles. The molecule has 2 aromatic heterocycles. The third-order valence-corrected chi connectivity index (χ3v) is 5.38. The Hall–Kier alpha value is -2.44. The highest BCUT2D eigenvalue weighted by Gasteiger charge is 2.21. The molecule has 3 aromatic rings. The van der Waals surface area contributed by atoms with Gasteiger partial charge in [0.25, 0.3) is 0 Å². The average Bonchev–Trinajstić information content (AvgIpc) is 3.07. The Balaban J connectivity index is 1.64. The van der Waals surface area contributed by atoms with Crippen LogP contribution < -0.4 is 11.1 Å². The first kappa shape index (κ1) is 17.9. The minimum Gasteiger partial charge on any atom is -0.386 e. The van der Waals surface area contributed by atoms with E-state index < -0.39 is 5.60 Å². The number of nitrogens with zero attached hydrogens (tertiary/aromatic N) is 3. The molecule has 1 aliphatic rings. The SMILES string of the molecule is CC(C)(O)c1cccc2c1ccn2-c1ccnc(NC2CCC(N)CC2)n1. The Labute approximate surface area is 159 Å². The number of rotatable bonds is 4. The van der Waals surface area contributed by atoms with E-state index in [0.717, 1.165) is 48.0 Å². The van der Waals surface area contributed by atoms with Crippen molar-refractivity contribution in [3.8, 4) is 5.82 Å². The van der Waals surface area contributed by atoms with Crippen molar-refractivity contribution < 1.29 is 5.11 Å². The molecular formula is C21H27N5O.